The highest BCUT2D eigenvalue weighted by atomic mass is 35.5. The summed E-state index contributed by atoms with van der Waals surface area (Å²) in [6.45, 7) is 0. The number of anilines is 1. The fourth-order valence-corrected chi connectivity index (χ4v) is 2.74. The minimum atomic E-state index is -0.0971. The van der Waals surface area contributed by atoms with Gasteiger partial charge in [-0.2, -0.15) is 0 Å². The fraction of sp³-hybridized carbons (Fsp3) is 0.0952. The van der Waals surface area contributed by atoms with Crippen LogP contribution in [-0.4, -0.2) is 5.78 Å². The summed E-state index contributed by atoms with van der Waals surface area (Å²) in [5.74, 6) is 0.117. The lowest BCUT2D eigenvalue weighted by Crippen LogP contribution is -2.15. The first-order valence-electron chi connectivity index (χ1n) is 7.87. The smallest absolute Gasteiger partial charge is 0.165 e. The molecule has 1 N–H and O–H groups in total. The molecule has 0 heterocycles. The second-order valence-electron chi connectivity index (χ2n) is 5.61. The zero-order valence-corrected chi connectivity index (χ0v) is 13.9. The number of carbonyl (C=O) groups excluding carboxylic acids is 1. The van der Waals surface area contributed by atoms with Crippen molar-refractivity contribution in [2.75, 3.05) is 5.32 Å². The van der Waals surface area contributed by atoms with Crippen molar-refractivity contribution in [1.82, 2.24) is 0 Å². The van der Waals surface area contributed by atoms with E-state index in [4.69, 9.17) is 11.6 Å². The predicted octanol–water partition coefficient (Wildman–Crippen LogP) is 5.77. The minimum absolute atomic E-state index is 0.0971. The van der Waals surface area contributed by atoms with Gasteiger partial charge in [-0.05, 0) is 29.8 Å². The number of rotatable bonds is 6. The molecule has 2 nitrogen and oxygen atoms in total. The third-order valence-corrected chi connectivity index (χ3v) is 4.12. The lowest BCUT2D eigenvalue weighted by molar-refractivity contribution is 0.0976. The minimum Gasteiger partial charge on any atom is -0.378 e. The van der Waals surface area contributed by atoms with E-state index < -0.39 is 0 Å². The summed E-state index contributed by atoms with van der Waals surface area (Å²) >= 11 is 5.95. The summed E-state index contributed by atoms with van der Waals surface area (Å²) < 4.78 is 0. The van der Waals surface area contributed by atoms with E-state index in [2.05, 4.69) is 5.32 Å². The maximum Gasteiger partial charge on any atom is 0.165 e. The molecule has 0 amide bonds. The van der Waals surface area contributed by atoms with Crippen LogP contribution in [0.2, 0.25) is 5.02 Å². The molecule has 3 aromatic carbocycles. The molecule has 0 radical (unpaired) electrons. The van der Waals surface area contributed by atoms with E-state index in [1.54, 1.807) is 0 Å². The van der Waals surface area contributed by atoms with Crippen LogP contribution in [0, 0.1) is 0 Å². The highest BCUT2D eigenvalue weighted by Gasteiger charge is 2.17. The normalized spacial score (nSPS) is 11.7. The van der Waals surface area contributed by atoms with Crippen molar-refractivity contribution >= 4 is 23.1 Å². The Bertz CT molecular complexity index is 785. The van der Waals surface area contributed by atoms with Crippen molar-refractivity contribution in [3.63, 3.8) is 0 Å². The molecular weight excluding hydrogens is 318 g/mol. The molecule has 0 aromatic heterocycles. The third kappa shape index (κ3) is 4.24. The Hall–Kier alpha value is -2.58. The first-order valence-corrected chi connectivity index (χ1v) is 8.25. The Balaban J connectivity index is 1.82. The number of benzene rings is 3. The zero-order chi connectivity index (χ0) is 16.8. The van der Waals surface area contributed by atoms with Crippen LogP contribution in [0.3, 0.4) is 0 Å². The molecule has 3 aromatic rings. The summed E-state index contributed by atoms with van der Waals surface area (Å²) in [7, 11) is 0. The largest absolute Gasteiger partial charge is 0.378 e. The van der Waals surface area contributed by atoms with Crippen molar-refractivity contribution in [2.45, 2.75) is 12.5 Å². The van der Waals surface area contributed by atoms with Crippen LogP contribution in [0.5, 0.6) is 0 Å². The number of ketones is 1. The first-order chi connectivity index (χ1) is 11.7. The summed E-state index contributed by atoms with van der Waals surface area (Å²) in [5, 5.41) is 4.14. The van der Waals surface area contributed by atoms with Gasteiger partial charge >= 0.3 is 0 Å². The Kier molecular flexibility index (Phi) is 5.29. The first kappa shape index (κ1) is 16.3. The van der Waals surface area contributed by atoms with E-state index in [1.807, 2.05) is 84.9 Å². The average Bonchev–Trinajstić information content (AvgIpc) is 2.64. The summed E-state index contributed by atoms with van der Waals surface area (Å²) in [4.78, 5) is 12.6. The molecule has 1 unspecified atom stereocenters. The van der Waals surface area contributed by atoms with Gasteiger partial charge in [0.15, 0.2) is 5.78 Å². The molecule has 1 atom stereocenters. The number of nitrogens with one attached hydrogen (secondary N) is 1. The Morgan fingerprint density at radius 1 is 0.833 bits per heavy atom. The van der Waals surface area contributed by atoms with Crippen LogP contribution in [0.25, 0.3) is 0 Å². The maximum absolute atomic E-state index is 12.6. The van der Waals surface area contributed by atoms with E-state index in [9.17, 15) is 4.79 Å². The van der Waals surface area contributed by atoms with Crippen LogP contribution < -0.4 is 5.32 Å². The van der Waals surface area contributed by atoms with E-state index in [-0.39, 0.29) is 11.8 Å². The zero-order valence-electron chi connectivity index (χ0n) is 13.2. The van der Waals surface area contributed by atoms with Gasteiger partial charge in [0.2, 0.25) is 0 Å². The average molecular weight is 336 g/mol. The van der Waals surface area contributed by atoms with E-state index in [0.29, 0.717) is 11.4 Å². The van der Waals surface area contributed by atoms with Gasteiger partial charge in [0.25, 0.3) is 0 Å². The highest BCUT2D eigenvalue weighted by Crippen LogP contribution is 2.25. The molecule has 0 saturated heterocycles. The van der Waals surface area contributed by atoms with Crippen molar-refractivity contribution in [2.24, 2.45) is 0 Å². The molecule has 0 aliphatic heterocycles. The molecule has 0 fully saturated rings. The van der Waals surface area contributed by atoms with Crippen LogP contribution in [-0.2, 0) is 0 Å². The second-order valence-corrected chi connectivity index (χ2v) is 6.04. The molecule has 0 bridgehead atoms. The van der Waals surface area contributed by atoms with E-state index in [0.717, 1.165) is 16.8 Å². The standard InChI is InChI=1S/C21H18ClNO/c22-18-11-13-19(14-12-18)23-20(16-7-3-1-4-8-16)15-21(24)17-9-5-2-6-10-17/h1-14,20,23H,15H2. The Morgan fingerprint density at radius 2 is 1.42 bits per heavy atom. The van der Waals surface area contributed by atoms with Crippen LogP contribution in [0.4, 0.5) is 5.69 Å². The van der Waals surface area contributed by atoms with E-state index in [1.165, 1.54) is 0 Å². The van der Waals surface area contributed by atoms with Gasteiger partial charge in [0, 0.05) is 22.7 Å². The number of hydrogen-bond acceptors (Lipinski definition) is 2. The molecule has 0 aliphatic carbocycles. The van der Waals surface area contributed by atoms with Crippen molar-refractivity contribution in [3.05, 3.63) is 101 Å². The van der Waals surface area contributed by atoms with Gasteiger partial charge < -0.3 is 5.32 Å². The monoisotopic (exact) mass is 335 g/mol. The summed E-state index contributed by atoms with van der Waals surface area (Å²) in [6.07, 6.45) is 0.386. The summed E-state index contributed by atoms with van der Waals surface area (Å²) in [6, 6.07) is 26.8. The quantitative estimate of drug-likeness (QED) is 0.580. The van der Waals surface area contributed by atoms with Gasteiger partial charge in [-0.3, -0.25) is 4.79 Å². The fourth-order valence-electron chi connectivity index (χ4n) is 2.61. The van der Waals surface area contributed by atoms with Crippen LogP contribution in [0.1, 0.15) is 28.4 Å². The SMILES string of the molecule is O=C(CC(Nc1ccc(Cl)cc1)c1ccccc1)c1ccccc1. The lowest BCUT2D eigenvalue weighted by Gasteiger charge is -2.20. The van der Waals surface area contributed by atoms with Gasteiger partial charge in [0.1, 0.15) is 0 Å². The number of carbonyl (C=O) groups is 1. The highest BCUT2D eigenvalue weighted by molar-refractivity contribution is 6.30. The molecule has 0 aliphatic rings. The van der Waals surface area contributed by atoms with Gasteiger partial charge in [-0.25, -0.2) is 0 Å². The molecule has 0 spiro atoms. The van der Waals surface area contributed by atoms with Crippen molar-refractivity contribution < 1.29 is 4.79 Å². The lowest BCUT2D eigenvalue weighted by atomic mass is 9.97. The maximum atomic E-state index is 12.6. The predicted molar refractivity (Wildman–Crippen MR) is 99.6 cm³/mol. The van der Waals surface area contributed by atoms with Gasteiger partial charge in [-0.15, -0.1) is 0 Å². The van der Waals surface area contributed by atoms with Gasteiger partial charge in [-0.1, -0.05) is 72.3 Å². The van der Waals surface area contributed by atoms with Crippen molar-refractivity contribution in [1.29, 1.82) is 0 Å². The van der Waals surface area contributed by atoms with Crippen LogP contribution in [0.15, 0.2) is 84.9 Å². The van der Waals surface area contributed by atoms with E-state index >= 15 is 0 Å². The molecule has 0 saturated carbocycles. The summed E-state index contributed by atoms with van der Waals surface area (Å²) in [5.41, 5.74) is 2.75. The second kappa shape index (κ2) is 7.80. The molecular formula is C21H18ClNO. The number of Topliss-reactive ketones (excluding diaryl/α,β-unsaturated/α-hetero) is 1. The third-order valence-electron chi connectivity index (χ3n) is 3.87. The van der Waals surface area contributed by atoms with Crippen molar-refractivity contribution in [3.8, 4) is 0 Å². The Morgan fingerprint density at radius 3 is 2.04 bits per heavy atom. The molecule has 3 rings (SSSR count). The number of hydrogen-bond donors (Lipinski definition) is 1. The van der Waals surface area contributed by atoms with Crippen LogP contribution >= 0.6 is 11.6 Å². The number of halogens is 1. The van der Waals surface area contributed by atoms with Gasteiger partial charge in [0.05, 0.1) is 6.04 Å². The molecule has 3 heteroatoms. The topological polar surface area (TPSA) is 29.1 Å². The molecule has 120 valence electrons. The Labute approximate surface area is 147 Å². The molecule has 24 heavy (non-hydrogen) atoms.